The summed E-state index contributed by atoms with van der Waals surface area (Å²) in [7, 11) is 0. The van der Waals surface area contributed by atoms with Crippen LogP contribution < -0.4 is 5.32 Å². The van der Waals surface area contributed by atoms with E-state index < -0.39 is 6.10 Å². The molecular weight excluding hydrogens is 246 g/mol. The lowest BCUT2D eigenvalue weighted by atomic mass is 10.3. The van der Waals surface area contributed by atoms with Crippen molar-refractivity contribution < 1.29 is 19.3 Å². The number of hydrogen-bond donors (Lipinski definition) is 2. The van der Waals surface area contributed by atoms with Crippen LogP contribution in [0, 0.1) is 0 Å². The molecule has 0 aromatic heterocycles. The van der Waals surface area contributed by atoms with Crippen LogP contribution in [0.5, 0.6) is 0 Å². The van der Waals surface area contributed by atoms with Crippen LogP contribution in [-0.2, 0) is 14.2 Å². The van der Waals surface area contributed by atoms with Gasteiger partial charge in [0.05, 0.1) is 32.0 Å². The van der Waals surface area contributed by atoms with Gasteiger partial charge in [-0.2, -0.15) is 0 Å². The van der Waals surface area contributed by atoms with Gasteiger partial charge in [-0.15, -0.1) is 0 Å². The van der Waals surface area contributed by atoms with Crippen molar-refractivity contribution in [3.63, 3.8) is 0 Å². The molecule has 0 aliphatic carbocycles. The van der Waals surface area contributed by atoms with Crippen LogP contribution in [0.1, 0.15) is 33.6 Å². The predicted molar refractivity (Wildman–Crippen MR) is 76.5 cm³/mol. The minimum atomic E-state index is -0.462. The Labute approximate surface area is 117 Å². The lowest BCUT2D eigenvalue weighted by Gasteiger charge is -2.13. The monoisotopic (exact) mass is 277 g/mol. The molecule has 116 valence electrons. The molecule has 0 radical (unpaired) electrons. The first kappa shape index (κ1) is 18.8. The quantitative estimate of drug-likeness (QED) is 0.467. The van der Waals surface area contributed by atoms with Gasteiger partial charge in [0.15, 0.2) is 0 Å². The Morgan fingerprint density at radius 2 is 1.84 bits per heavy atom. The molecule has 0 amide bonds. The molecule has 0 bridgehead atoms. The van der Waals surface area contributed by atoms with Crippen LogP contribution in [-0.4, -0.2) is 63.4 Å². The Morgan fingerprint density at radius 3 is 2.53 bits per heavy atom. The van der Waals surface area contributed by atoms with Gasteiger partial charge in [0.25, 0.3) is 0 Å². The minimum absolute atomic E-state index is 0.227. The molecule has 0 saturated heterocycles. The van der Waals surface area contributed by atoms with Gasteiger partial charge in [-0.3, -0.25) is 0 Å². The molecule has 0 aliphatic heterocycles. The summed E-state index contributed by atoms with van der Waals surface area (Å²) in [4.78, 5) is 0. The van der Waals surface area contributed by atoms with Gasteiger partial charge in [0, 0.05) is 19.8 Å². The highest BCUT2D eigenvalue weighted by Crippen LogP contribution is 1.89. The Morgan fingerprint density at radius 1 is 1.05 bits per heavy atom. The molecule has 5 nitrogen and oxygen atoms in total. The highest BCUT2D eigenvalue weighted by molar-refractivity contribution is 4.58. The Balaban J connectivity index is 3.14. The molecule has 0 heterocycles. The summed E-state index contributed by atoms with van der Waals surface area (Å²) in [6.45, 7) is 10.5. The van der Waals surface area contributed by atoms with E-state index in [1.54, 1.807) is 0 Å². The van der Waals surface area contributed by atoms with E-state index in [1.165, 1.54) is 0 Å². The molecule has 2 N–H and O–H groups in total. The van der Waals surface area contributed by atoms with E-state index in [-0.39, 0.29) is 6.10 Å². The van der Waals surface area contributed by atoms with Gasteiger partial charge in [0.2, 0.25) is 0 Å². The number of aliphatic hydroxyl groups is 1. The maximum atomic E-state index is 9.64. The van der Waals surface area contributed by atoms with Crippen molar-refractivity contribution in [2.75, 3.05) is 46.1 Å². The van der Waals surface area contributed by atoms with E-state index in [4.69, 9.17) is 14.2 Å². The first-order valence-corrected chi connectivity index (χ1v) is 7.32. The van der Waals surface area contributed by atoms with Gasteiger partial charge >= 0.3 is 0 Å². The summed E-state index contributed by atoms with van der Waals surface area (Å²) in [5.74, 6) is 0. The Kier molecular flexibility index (Phi) is 14.1. The Bertz CT molecular complexity index is 179. The summed E-state index contributed by atoms with van der Waals surface area (Å²) in [5.41, 5.74) is 0. The van der Waals surface area contributed by atoms with Gasteiger partial charge in [-0.1, -0.05) is 6.92 Å². The van der Waals surface area contributed by atoms with Crippen LogP contribution in [0.2, 0.25) is 0 Å². The minimum Gasteiger partial charge on any atom is -0.389 e. The first-order chi connectivity index (χ1) is 9.16. The summed E-state index contributed by atoms with van der Waals surface area (Å²) >= 11 is 0. The van der Waals surface area contributed by atoms with Crippen molar-refractivity contribution in [3.05, 3.63) is 0 Å². The van der Waals surface area contributed by atoms with E-state index in [2.05, 4.69) is 12.2 Å². The maximum absolute atomic E-state index is 9.64. The molecule has 19 heavy (non-hydrogen) atoms. The van der Waals surface area contributed by atoms with E-state index in [0.29, 0.717) is 26.4 Å². The smallest absolute Gasteiger partial charge is 0.0897 e. The second-order valence-corrected chi connectivity index (χ2v) is 4.82. The highest BCUT2D eigenvalue weighted by atomic mass is 16.5. The number of hydrogen-bond acceptors (Lipinski definition) is 5. The molecule has 1 unspecified atom stereocenters. The van der Waals surface area contributed by atoms with Crippen molar-refractivity contribution in [2.45, 2.75) is 45.8 Å². The van der Waals surface area contributed by atoms with Crippen molar-refractivity contribution in [1.29, 1.82) is 0 Å². The molecule has 5 heteroatoms. The van der Waals surface area contributed by atoms with Crippen molar-refractivity contribution in [3.8, 4) is 0 Å². The average molecular weight is 277 g/mol. The second-order valence-electron chi connectivity index (χ2n) is 4.82. The third-order valence-corrected chi connectivity index (χ3v) is 2.36. The van der Waals surface area contributed by atoms with Crippen LogP contribution in [0.25, 0.3) is 0 Å². The number of ether oxygens (including phenoxy) is 3. The number of aliphatic hydroxyl groups excluding tert-OH is 1. The van der Waals surface area contributed by atoms with Crippen molar-refractivity contribution in [2.24, 2.45) is 0 Å². The summed E-state index contributed by atoms with van der Waals surface area (Å²) in [5, 5.41) is 12.8. The Hall–Kier alpha value is -0.200. The van der Waals surface area contributed by atoms with Crippen molar-refractivity contribution >= 4 is 0 Å². The van der Waals surface area contributed by atoms with Crippen LogP contribution in [0.3, 0.4) is 0 Å². The van der Waals surface area contributed by atoms with E-state index in [1.807, 2.05) is 13.8 Å². The fourth-order valence-corrected chi connectivity index (χ4v) is 1.44. The highest BCUT2D eigenvalue weighted by Gasteiger charge is 2.03. The molecule has 0 aromatic carbocycles. The van der Waals surface area contributed by atoms with Gasteiger partial charge in [-0.25, -0.2) is 0 Å². The number of rotatable bonds is 14. The van der Waals surface area contributed by atoms with E-state index >= 15 is 0 Å². The van der Waals surface area contributed by atoms with Crippen LogP contribution >= 0.6 is 0 Å². The molecule has 0 aromatic rings. The molecular formula is C14H31NO4. The lowest BCUT2D eigenvalue weighted by molar-refractivity contribution is -0.0100. The summed E-state index contributed by atoms with van der Waals surface area (Å²) in [6, 6.07) is 0. The number of nitrogens with one attached hydrogen (secondary N) is 1. The zero-order chi connectivity index (χ0) is 14.3. The topological polar surface area (TPSA) is 60.0 Å². The first-order valence-electron chi connectivity index (χ1n) is 7.32. The predicted octanol–water partition coefficient (Wildman–Crippen LogP) is 1.20. The summed E-state index contributed by atoms with van der Waals surface area (Å²) < 4.78 is 16.0. The van der Waals surface area contributed by atoms with Gasteiger partial charge in [0.1, 0.15) is 0 Å². The van der Waals surface area contributed by atoms with E-state index in [0.717, 1.165) is 32.6 Å². The normalized spacial score (nSPS) is 13.1. The maximum Gasteiger partial charge on any atom is 0.0897 e. The van der Waals surface area contributed by atoms with Gasteiger partial charge < -0.3 is 24.6 Å². The third kappa shape index (κ3) is 15.7. The SMILES string of the molecule is CCCOCCCNCC(O)COCCOC(C)C. The largest absolute Gasteiger partial charge is 0.389 e. The zero-order valence-electron chi connectivity index (χ0n) is 12.7. The fourth-order valence-electron chi connectivity index (χ4n) is 1.44. The molecule has 0 fully saturated rings. The van der Waals surface area contributed by atoms with E-state index in [9.17, 15) is 5.11 Å². The standard InChI is InChI=1S/C14H31NO4/c1-4-7-17-8-5-6-15-11-14(16)12-18-9-10-19-13(2)3/h13-16H,4-12H2,1-3H3. The zero-order valence-corrected chi connectivity index (χ0v) is 12.7. The molecule has 0 saturated carbocycles. The molecule has 0 aliphatic rings. The third-order valence-electron chi connectivity index (χ3n) is 2.36. The van der Waals surface area contributed by atoms with Crippen molar-refractivity contribution in [1.82, 2.24) is 5.32 Å². The van der Waals surface area contributed by atoms with Crippen LogP contribution in [0.15, 0.2) is 0 Å². The molecule has 0 rings (SSSR count). The average Bonchev–Trinajstić information content (AvgIpc) is 2.37. The molecule has 0 spiro atoms. The van der Waals surface area contributed by atoms with Crippen LogP contribution in [0.4, 0.5) is 0 Å². The lowest BCUT2D eigenvalue weighted by Crippen LogP contribution is -2.31. The molecule has 1 atom stereocenters. The van der Waals surface area contributed by atoms with Gasteiger partial charge in [-0.05, 0) is 33.2 Å². The second kappa shape index (κ2) is 14.2. The summed E-state index contributed by atoms with van der Waals surface area (Å²) in [6.07, 6.45) is 1.79. The fraction of sp³-hybridized carbons (Fsp3) is 1.00.